The monoisotopic (exact) mass is 392 g/mol. The number of aromatic nitrogens is 2. The smallest absolute Gasteiger partial charge is 0.275 e. The van der Waals surface area contributed by atoms with Crippen molar-refractivity contribution < 1.29 is 9.59 Å². The minimum atomic E-state index is -0.417. The molecule has 2 aromatic carbocycles. The van der Waals surface area contributed by atoms with Crippen LogP contribution in [0.1, 0.15) is 41.5 Å². The summed E-state index contributed by atoms with van der Waals surface area (Å²) in [7, 11) is 1.49. The molecule has 3 rings (SSSR count). The summed E-state index contributed by atoms with van der Waals surface area (Å²) < 4.78 is 1.04. The number of benzene rings is 2. The van der Waals surface area contributed by atoms with Gasteiger partial charge in [-0.15, -0.1) is 0 Å². The van der Waals surface area contributed by atoms with Gasteiger partial charge in [-0.1, -0.05) is 49.4 Å². The highest BCUT2D eigenvalue weighted by atomic mass is 16.2. The van der Waals surface area contributed by atoms with Crippen molar-refractivity contribution >= 4 is 22.6 Å². The molecule has 7 nitrogen and oxygen atoms in total. The molecule has 29 heavy (non-hydrogen) atoms. The zero-order chi connectivity index (χ0) is 21.0. The largest absolute Gasteiger partial charge is 0.354 e. The normalized spacial score (nSPS) is 11.8. The molecule has 0 saturated heterocycles. The third kappa shape index (κ3) is 4.34. The van der Waals surface area contributed by atoms with E-state index in [1.807, 2.05) is 31.2 Å². The van der Waals surface area contributed by atoms with E-state index in [0.717, 1.165) is 16.7 Å². The molecule has 3 aromatic rings. The molecule has 1 heterocycles. The molecule has 0 spiro atoms. The number of fused-ring (bicyclic) bond motifs is 1. The van der Waals surface area contributed by atoms with Crippen LogP contribution in [0.15, 0.2) is 53.3 Å². The number of carbonyl (C=O) groups excluding carboxylic acids is 2. The number of amides is 2. The van der Waals surface area contributed by atoms with Gasteiger partial charge in [-0.05, 0) is 30.5 Å². The molecule has 1 aromatic heterocycles. The SMILES string of the molecule is CCc1ccc(C(C)NC(=O)Cn2nc(C(=O)NC)c3ccccc3c2=O)cc1. The van der Waals surface area contributed by atoms with E-state index in [4.69, 9.17) is 0 Å². The zero-order valence-electron chi connectivity index (χ0n) is 16.7. The minimum absolute atomic E-state index is 0.110. The molecular formula is C22H24N4O3. The maximum absolute atomic E-state index is 12.7. The first kappa shape index (κ1) is 20.3. The molecule has 0 fully saturated rings. The number of carbonyl (C=O) groups is 2. The van der Waals surface area contributed by atoms with E-state index in [0.29, 0.717) is 10.8 Å². The van der Waals surface area contributed by atoms with Crippen molar-refractivity contribution in [1.82, 2.24) is 20.4 Å². The van der Waals surface area contributed by atoms with Crippen LogP contribution in [0.25, 0.3) is 10.8 Å². The Kier molecular flexibility index (Phi) is 6.07. The van der Waals surface area contributed by atoms with Crippen molar-refractivity contribution in [2.75, 3.05) is 7.05 Å². The van der Waals surface area contributed by atoms with Gasteiger partial charge in [0.15, 0.2) is 5.69 Å². The predicted octanol–water partition coefficient (Wildman–Crippen LogP) is 2.20. The van der Waals surface area contributed by atoms with Gasteiger partial charge in [0.2, 0.25) is 5.91 Å². The summed E-state index contributed by atoms with van der Waals surface area (Å²) in [6.45, 7) is 3.69. The van der Waals surface area contributed by atoms with Crippen LogP contribution >= 0.6 is 0 Å². The lowest BCUT2D eigenvalue weighted by Crippen LogP contribution is -2.36. The summed E-state index contributed by atoms with van der Waals surface area (Å²) in [4.78, 5) is 37.5. The van der Waals surface area contributed by atoms with Crippen molar-refractivity contribution in [2.24, 2.45) is 0 Å². The Balaban J connectivity index is 1.85. The number of nitrogens with zero attached hydrogens (tertiary/aromatic N) is 2. The minimum Gasteiger partial charge on any atom is -0.354 e. The number of nitrogens with one attached hydrogen (secondary N) is 2. The van der Waals surface area contributed by atoms with Crippen LogP contribution in [-0.4, -0.2) is 28.6 Å². The third-order valence-electron chi connectivity index (χ3n) is 4.87. The van der Waals surface area contributed by atoms with Crippen molar-refractivity contribution in [3.8, 4) is 0 Å². The topological polar surface area (TPSA) is 93.1 Å². The molecule has 1 atom stereocenters. The average Bonchev–Trinajstić information content (AvgIpc) is 2.75. The Morgan fingerprint density at radius 2 is 1.72 bits per heavy atom. The molecule has 0 aliphatic rings. The van der Waals surface area contributed by atoms with Crippen LogP contribution in [0.3, 0.4) is 0 Å². The van der Waals surface area contributed by atoms with Gasteiger partial charge in [-0.2, -0.15) is 5.10 Å². The zero-order valence-corrected chi connectivity index (χ0v) is 16.7. The Hall–Kier alpha value is -3.48. The van der Waals surface area contributed by atoms with E-state index in [1.54, 1.807) is 24.3 Å². The molecule has 0 radical (unpaired) electrons. The van der Waals surface area contributed by atoms with Gasteiger partial charge in [-0.3, -0.25) is 14.4 Å². The van der Waals surface area contributed by atoms with E-state index < -0.39 is 11.5 Å². The Bertz CT molecular complexity index is 1100. The predicted molar refractivity (Wildman–Crippen MR) is 112 cm³/mol. The number of hydrogen-bond donors (Lipinski definition) is 2. The van der Waals surface area contributed by atoms with Crippen LogP contribution in [0.2, 0.25) is 0 Å². The van der Waals surface area contributed by atoms with Crippen LogP contribution in [0, 0.1) is 0 Å². The second kappa shape index (κ2) is 8.68. The van der Waals surface area contributed by atoms with E-state index in [-0.39, 0.29) is 24.2 Å². The molecule has 0 saturated carbocycles. The molecule has 1 unspecified atom stereocenters. The lowest BCUT2D eigenvalue weighted by molar-refractivity contribution is -0.122. The van der Waals surface area contributed by atoms with E-state index >= 15 is 0 Å². The molecule has 0 bridgehead atoms. The Labute approximate surface area is 168 Å². The standard InChI is InChI=1S/C22H24N4O3/c1-4-15-9-11-16(12-10-15)14(2)24-19(27)13-26-22(29)18-8-6-5-7-17(18)20(25-26)21(28)23-3/h5-12,14H,4,13H2,1-3H3,(H,23,28)(H,24,27). The van der Waals surface area contributed by atoms with Crippen molar-refractivity contribution in [3.63, 3.8) is 0 Å². The molecule has 0 aliphatic carbocycles. The lowest BCUT2D eigenvalue weighted by atomic mass is 10.1. The summed E-state index contributed by atoms with van der Waals surface area (Å²) in [5.41, 5.74) is 1.89. The summed E-state index contributed by atoms with van der Waals surface area (Å²) >= 11 is 0. The summed E-state index contributed by atoms with van der Waals surface area (Å²) in [6.07, 6.45) is 0.950. The van der Waals surface area contributed by atoms with Gasteiger partial charge in [0.05, 0.1) is 11.4 Å². The molecule has 0 aliphatic heterocycles. The molecule has 2 amide bonds. The Morgan fingerprint density at radius 1 is 1.07 bits per heavy atom. The molecule has 2 N–H and O–H groups in total. The molecule has 150 valence electrons. The Morgan fingerprint density at radius 3 is 2.34 bits per heavy atom. The first-order valence-corrected chi connectivity index (χ1v) is 9.54. The van der Waals surface area contributed by atoms with Gasteiger partial charge in [0.25, 0.3) is 11.5 Å². The second-order valence-electron chi connectivity index (χ2n) is 6.82. The van der Waals surface area contributed by atoms with Crippen molar-refractivity contribution in [1.29, 1.82) is 0 Å². The van der Waals surface area contributed by atoms with Gasteiger partial charge in [0.1, 0.15) is 6.54 Å². The van der Waals surface area contributed by atoms with Crippen molar-refractivity contribution in [3.05, 3.63) is 75.7 Å². The lowest BCUT2D eigenvalue weighted by Gasteiger charge is -2.16. The highest BCUT2D eigenvalue weighted by molar-refractivity contribution is 6.04. The number of hydrogen-bond acceptors (Lipinski definition) is 4. The van der Waals surface area contributed by atoms with Crippen LogP contribution in [0.5, 0.6) is 0 Å². The van der Waals surface area contributed by atoms with Crippen LogP contribution in [0.4, 0.5) is 0 Å². The fraction of sp³-hybridized carbons (Fsp3) is 0.273. The highest BCUT2D eigenvalue weighted by Gasteiger charge is 2.18. The average molecular weight is 392 g/mol. The first-order chi connectivity index (χ1) is 13.9. The quantitative estimate of drug-likeness (QED) is 0.673. The van der Waals surface area contributed by atoms with Gasteiger partial charge >= 0.3 is 0 Å². The first-order valence-electron chi connectivity index (χ1n) is 9.54. The van der Waals surface area contributed by atoms with Gasteiger partial charge in [0, 0.05) is 12.4 Å². The second-order valence-corrected chi connectivity index (χ2v) is 6.82. The summed E-state index contributed by atoms with van der Waals surface area (Å²) in [6, 6.07) is 14.5. The van der Waals surface area contributed by atoms with Crippen LogP contribution in [-0.2, 0) is 17.8 Å². The van der Waals surface area contributed by atoms with E-state index in [2.05, 4.69) is 22.7 Å². The van der Waals surface area contributed by atoms with Gasteiger partial charge < -0.3 is 10.6 Å². The number of aryl methyl sites for hydroxylation is 1. The highest BCUT2D eigenvalue weighted by Crippen LogP contribution is 2.15. The maximum atomic E-state index is 12.7. The fourth-order valence-electron chi connectivity index (χ4n) is 3.18. The van der Waals surface area contributed by atoms with E-state index in [1.165, 1.54) is 12.6 Å². The van der Waals surface area contributed by atoms with Gasteiger partial charge in [-0.25, -0.2) is 4.68 Å². The molecule has 7 heteroatoms. The summed E-state index contributed by atoms with van der Waals surface area (Å²) in [5.74, 6) is -0.774. The van der Waals surface area contributed by atoms with Crippen LogP contribution < -0.4 is 16.2 Å². The fourth-order valence-corrected chi connectivity index (χ4v) is 3.18. The summed E-state index contributed by atoms with van der Waals surface area (Å²) in [5, 5.41) is 10.3. The maximum Gasteiger partial charge on any atom is 0.275 e. The third-order valence-corrected chi connectivity index (χ3v) is 4.87. The van der Waals surface area contributed by atoms with Crippen molar-refractivity contribution in [2.45, 2.75) is 32.9 Å². The van der Waals surface area contributed by atoms with E-state index in [9.17, 15) is 14.4 Å². The molecular weight excluding hydrogens is 368 g/mol. The number of rotatable bonds is 6.